The van der Waals surface area contributed by atoms with E-state index >= 15 is 0 Å². The minimum absolute atomic E-state index is 0.598. The maximum atomic E-state index is 5.33. The quantitative estimate of drug-likeness (QED) is 0.774. The molecule has 3 atom stereocenters. The normalized spacial score (nSPS) is 32.7. The van der Waals surface area contributed by atoms with Crippen molar-refractivity contribution in [2.45, 2.75) is 37.8 Å². The molecular formula is C15H21NO. The highest BCUT2D eigenvalue weighted by Gasteiger charge is 2.41. The molecule has 2 aliphatic rings. The van der Waals surface area contributed by atoms with E-state index in [1.54, 1.807) is 7.11 Å². The first kappa shape index (κ1) is 11.1. The van der Waals surface area contributed by atoms with Crippen LogP contribution in [0.5, 0.6) is 5.75 Å². The van der Waals surface area contributed by atoms with Crippen LogP contribution in [-0.2, 0) is 0 Å². The molecule has 2 fully saturated rings. The fraction of sp³-hybridized carbons (Fsp3) is 0.600. The Bertz CT molecular complexity index is 404. The van der Waals surface area contributed by atoms with E-state index in [-0.39, 0.29) is 0 Å². The Hall–Kier alpha value is -1.02. The van der Waals surface area contributed by atoms with Crippen molar-refractivity contribution in [2.24, 2.45) is 5.92 Å². The van der Waals surface area contributed by atoms with Crippen LogP contribution in [0.2, 0.25) is 0 Å². The van der Waals surface area contributed by atoms with Crippen LogP contribution in [0.25, 0.3) is 0 Å². The lowest BCUT2D eigenvalue weighted by Crippen LogP contribution is -2.27. The van der Waals surface area contributed by atoms with Crippen LogP contribution in [0, 0.1) is 5.92 Å². The molecule has 0 amide bonds. The summed E-state index contributed by atoms with van der Waals surface area (Å²) in [5.74, 6) is 1.91. The van der Waals surface area contributed by atoms with Gasteiger partial charge in [-0.1, -0.05) is 18.6 Å². The Morgan fingerprint density at radius 3 is 2.94 bits per heavy atom. The molecule has 3 rings (SSSR count). The summed E-state index contributed by atoms with van der Waals surface area (Å²) in [5, 5.41) is 0. The third kappa shape index (κ3) is 1.85. The first-order valence-corrected chi connectivity index (χ1v) is 6.65. The first-order valence-electron chi connectivity index (χ1n) is 6.65. The number of hydrogen-bond donors (Lipinski definition) is 0. The molecule has 1 saturated heterocycles. The predicted molar refractivity (Wildman–Crippen MR) is 69.2 cm³/mol. The number of likely N-dealkylation sites (tertiary alicyclic amines) is 1. The van der Waals surface area contributed by atoms with Gasteiger partial charge in [0.2, 0.25) is 0 Å². The number of ether oxygens (including phenoxy) is 1. The zero-order chi connectivity index (χ0) is 11.8. The van der Waals surface area contributed by atoms with Crippen LogP contribution >= 0.6 is 0 Å². The highest BCUT2D eigenvalue weighted by molar-refractivity contribution is 5.31. The second kappa shape index (κ2) is 4.34. The van der Waals surface area contributed by atoms with Crippen molar-refractivity contribution in [3.8, 4) is 5.75 Å². The summed E-state index contributed by atoms with van der Waals surface area (Å²) >= 11 is 0. The largest absolute Gasteiger partial charge is 0.497 e. The van der Waals surface area contributed by atoms with Gasteiger partial charge in [0.1, 0.15) is 5.75 Å². The Morgan fingerprint density at radius 1 is 1.29 bits per heavy atom. The predicted octanol–water partition coefficient (Wildman–Crippen LogP) is 3.24. The van der Waals surface area contributed by atoms with Crippen molar-refractivity contribution >= 4 is 0 Å². The Labute approximate surface area is 104 Å². The standard InChI is InChI=1S/C15H21NO/c1-16-14-8-4-6-12(14)10-15(16)11-5-3-7-13(9-11)17-2/h3,5,7,9,12,14-15H,4,6,8,10H2,1-2H3/t12-,14+,15+/m1/s1. The van der Waals surface area contributed by atoms with Crippen LogP contribution in [0.15, 0.2) is 24.3 Å². The van der Waals surface area contributed by atoms with Crippen LogP contribution < -0.4 is 4.74 Å². The topological polar surface area (TPSA) is 12.5 Å². The highest BCUT2D eigenvalue weighted by Crippen LogP contribution is 2.46. The van der Waals surface area contributed by atoms with Gasteiger partial charge in [0.05, 0.1) is 7.11 Å². The van der Waals surface area contributed by atoms with Gasteiger partial charge in [-0.2, -0.15) is 0 Å². The van der Waals surface area contributed by atoms with Crippen molar-refractivity contribution in [1.82, 2.24) is 4.90 Å². The van der Waals surface area contributed by atoms with E-state index in [0.717, 1.165) is 17.7 Å². The van der Waals surface area contributed by atoms with Crippen LogP contribution in [-0.4, -0.2) is 25.1 Å². The number of hydrogen-bond acceptors (Lipinski definition) is 2. The monoisotopic (exact) mass is 231 g/mol. The van der Waals surface area contributed by atoms with E-state index in [1.165, 1.54) is 31.2 Å². The lowest BCUT2D eigenvalue weighted by Gasteiger charge is -2.25. The van der Waals surface area contributed by atoms with Gasteiger partial charge in [-0.25, -0.2) is 0 Å². The van der Waals surface area contributed by atoms with Crippen LogP contribution in [0.3, 0.4) is 0 Å². The first-order chi connectivity index (χ1) is 8.29. The lowest BCUT2D eigenvalue weighted by molar-refractivity contribution is 0.235. The molecule has 0 spiro atoms. The van der Waals surface area contributed by atoms with E-state index in [1.807, 2.05) is 6.07 Å². The number of rotatable bonds is 2. The van der Waals surface area contributed by atoms with Crippen molar-refractivity contribution in [1.29, 1.82) is 0 Å². The smallest absolute Gasteiger partial charge is 0.119 e. The molecule has 1 heterocycles. The van der Waals surface area contributed by atoms with Gasteiger partial charge in [0, 0.05) is 12.1 Å². The summed E-state index contributed by atoms with van der Waals surface area (Å²) in [7, 11) is 4.03. The molecule has 92 valence electrons. The van der Waals surface area contributed by atoms with E-state index in [0.29, 0.717) is 6.04 Å². The zero-order valence-corrected chi connectivity index (χ0v) is 10.7. The highest BCUT2D eigenvalue weighted by atomic mass is 16.5. The summed E-state index contributed by atoms with van der Waals surface area (Å²) in [6.07, 6.45) is 5.57. The molecule has 1 saturated carbocycles. The maximum absolute atomic E-state index is 5.33. The summed E-state index contributed by atoms with van der Waals surface area (Å²) in [5.41, 5.74) is 1.42. The second-order valence-electron chi connectivity index (χ2n) is 5.45. The van der Waals surface area contributed by atoms with Gasteiger partial charge in [0.25, 0.3) is 0 Å². The molecule has 1 aromatic carbocycles. The average Bonchev–Trinajstić information content (AvgIpc) is 2.93. The summed E-state index contributed by atoms with van der Waals surface area (Å²) in [6.45, 7) is 0. The molecule has 1 aliphatic heterocycles. The van der Waals surface area contributed by atoms with Gasteiger partial charge in [-0.3, -0.25) is 4.90 Å². The molecule has 1 aliphatic carbocycles. The average molecular weight is 231 g/mol. The Morgan fingerprint density at radius 2 is 2.18 bits per heavy atom. The second-order valence-corrected chi connectivity index (χ2v) is 5.45. The maximum Gasteiger partial charge on any atom is 0.119 e. The van der Waals surface area contributed by atoms with Crippen LogP contribution in [0.1, 0.15) is 37.3 Å². The molecule has 0 radical (unpaired) electrons. The molecule has 2 heteroatoms. The minimum Gasteiger partial charge on any atom is -0.497 e. The van der Waals surface area contributed by atoms with Gasteiger partial charge in [-0.15, -0.1) is 0 Å². The van der Waals surface area contributed by atoms with Gasteiger partial charge in [-0.05, 0) is 49.9 Å². The van der Waals surface area contributed by atoms with Crippen molar-refractivity contribution in [3.05, 3.63) is 29.8 Å². The van der Waals surface area contributed by atoms with Crippen molar-refractivity contribution in [3.63, 3.8) is 0 Å². The van der Waals surface area contributed by atoms with Crippen molar-refractivity contribution in [2.75, 3.05) is 14.2 Å². The summed E-state index contributed by atoms with van der Waals surface area (Å²) < 4.78 is 5.33. The molecule has 0 unspecified atom stereocenters. The Balaban J connectivity index is 1.84. The molecule has 0 aromatic heterocycles. The fourth-order valence-electron chi connectivity index (χ4n) is 3.73. The van der Waals surface area contributed by atoms with E-state index in [9.17, 15) is 0 Å². The molecule has 17 heavy (non-hydrogen) atoms. The van der Waals surface area contributed by atoms with E-state index in [2.05, 4.69) is 30.1 Å². The molecular weight excluding hydrogens is 210 g/mol. The Kier molecular flexibility index (Phi) is 2.83. The number of methoxy groups -OCH3 is 1. The third-order valence-electron chi connectivity index (χ3n) is 4.64. The van der Waals surface area contributed by atoms with E-state index < -0.39 is 0 Å². The summed E-state index contributed by atoms with van der Waals surface area (Å²) in [4.78, 5) is 2.59. The number of benzene rings is 1. The summed E-state index contributed by atoms with van der Waals surface area (Å²) in [6, 6.07) is 9.99. The molecule has 2 nitrogen and oxygen atoms in total. The number of fused-ring (bicyclic) bond motifs is 1. The van der Waals surface area contributed by atoms with Gasteiger partial charge in [0.15, 0.2) is 0 Å². The van der Waals surface area contributed by atoms with Gasteiger partial charge < -0.3 is 4.74 Å². The fourth-order valence-corrected chi connectivity index (χ4v) is 3.73. The number of nitrogens with zero attached hydrogens (tertiary/aromatic N) is 1. The van der Waals surface area contributed by atoms with Crippen molar-refractivity contribution < 1.29 is 4.74 Å². The zero-order valence-electron chi connectivity index (χ0n) is 10.7. The van der Waals surface area contributed by atoms with Gasteiger partial charge >= 0.3 is 0 Å². The van der Waals surface area contributed by atoms with Crippen LogP contribution in [0.4, 0.5) is 0 Å². The SMILES string of the molecule is COc1cccc([C@@H]2C[C@H]3CCC[C@@H]3N2C)c1. The third-order valence-corrected chi connectivity index (χ3v) is 4.64. The lowest BCUT2D eigenvalue weighted by atomic mass is 9.98. The minimum atomic E-state index is 0.598. The molecule has 0 N–H and O–H groups in total. The van der Waals surface area contributed by atoms with E-state index in [4.69, 9.17) is 4.74 Å². The molecule has 1 aromatic rings. The molecule has 0 bridgehead atoms.